The molecule has 0 aliphatic heterocycles. The van der Waals surface area contributed by atoms with E-state index in [2.05, 4.69) is 20.7 Å². The van der Waals surface area contributed by atoms with Gasteiger partial charge in [-0.25, -0.2) is 17.5 Å². The molecule has 0 amide bonds. The van der Waals surface area contributed by atoms with Crippen molar-refractivity contribution in [3.63, 3.8) is 0 Å². The van der Waals surface area contributed by atoms with E-state index < -0.39 is 26.8 Å². The number of nitrogens with two attached hydrogens (primary N) is 1. The number of halogens is 2. The minimum Gasteiger partial charge on any atom is -0.399 e. The summed E-state index contributed by atoms with van der Waals surface area (Å²) >= 11 is 2.91. The normalized spacial score (nSPS) is 23.7. The molecule has 0 unspecified atom stereocenters. The fourth-order valence-corrected chi connectivity index (χ4v) is 3.75. The van der Waals surface area contributed by atoms with Crippen molar-refractivity contribution in [2.24, 2.45) is 0 Å². The minimum absolute atomic E-state index is 0.00322. The molecule has 4 N–H and O–H groups in total. The summed E-state index contributed by atoms with van der Waals surface area (Å²) in [5, 5.41) is 9.09. The molecule has 2 rings (SSSR count). The highest BCUT2D eigenvalue weighted by atomic mass is 79.9. The van der Waals surface area contributed by atoms with Crippen LogP contribution in [0.3, 0.4) is 0 Å². The number of hydrogen-bond acceptors (Lipinski definition) is 4. The van der Waals surface area contributed by atoms with E-state index in [-0.39, 0.29) is 16.2 Å². The Balaban J connectivity index is 2.29. The van der Waals surface area contributed by atoms with Crippen LogP contribution in [0, 0.1) is 5.82 Å². The molecular formula is C10H12BrFN2O3S. The molecule has 1 aromatic rings. The molecule has 5 nitrogen and oxygen atoms in total. The molecule has 1 aliphatic carbocycles. The Hall–Kier alpha value is -0.700. The van der Waals surface area contributed by atoms with E-state index in [1.165, 1.54) is 6.07 Å². The van der Waals surface area contributed by atoms with E-state index in [4.69, 9.17) is 10.8 Å². The average molecular weight is 339 g/mol. The van der Waals surface area contributed by atoms with Crippen LogP contribution in [0.1, 0.15) is 12.8 Å². The second-order valence-electron chi connectivity index (χ2n) is 4.26. The van der Waals surface area contributed by atoms with Crippen LogP contribution in [0.25, 0.3) is 0 Å². The summed E-state index contributed by atoms with van der Waals surface area (Å²) in [5.74, 6) is -0.878. The van der Waals surface area contributed by atoms with Crippen LogP contribution in [0.2, 0.25) is 0 Å². The fraction of sp³-hybridized carbons (Fsp3) is 0.400. The van der Waals surface area contributed by atoms with E-state index in [0.717, 1.165) is 6.07 Å². The number of hydrogen-bond donors (Lipinski definition) is 3. The quantitative estimate of drug-likeness (QED) is 0.716. The smallest absolute Gasteiger partial charge is 0.243 e. The monoisotopic (exact) mass is 338 g/mol. The molecule has 18 heavy (non-hydrogen) atoms. The second kappa shape index (κ2) is 4.76. The number of nitrogen functional groups attached to an aromatic ring is 1. The highest BCUT2D eigenvalue weighted by Gasteiger charge is 2.32. The van der Waals surface area contributed by atoms with Crippen molar-refractivity contribution in [1.82, 2.24) is 4.72 Å². The average Bonchev–Trinajstić information content (AvgIpc) is 2.20. The minimum atomic E-state index is -3.97. The number of sulfonamides is 1. The largest absolute Gasteiger partial charge is 0.399 e. The highest BCUT2D eigenvalue weighted by Crippen LogP contribution is 2.28. The lowest BCUT2D eigenvalue weighted by Gasteiger charge is -2.31. The molecule has 1 aromatic carbocycles. The zero-order chi connectivity index (χ0) is 13.5. The molecule has 0 atom stereocenters. The summed E-state index contributed by atoms with van der Waals surface area (Å²) in [6, 6.07) is 2.00. The van der Waals surface area contributed by atoms with Crippen LogP contribution in [-0.2, 0) is 10.0 Å². The predicted octanol–water partition coefficient (Wildman–Crippen LogP) is 0.972. The lowest BCUT2D eigenvalue weighted by Crippen LogP contribution is -2.46. The molecule has 0 aromatic heterocycles. The van der Waals surface area contributed by atoms with Gasteiger partial charge in [-0.05, 0) is 40.9 Å². The number of nitrogens with one attached hydrogen (secondary N) is 1. The summed E-state index contributed by atoms with van der Waals surface area (Å²) in [7, 11) is -3.97. The maximum atomic E-state index is 13.8. The molecule has 0 bridgehead atoms. The third-order valence-corrected chi connectivity index (χ3v) is 4.84. The van der Waals surface area contributed by atoms with Gasteiger partial charge in [-0.3, -0.25) is 0 Å². The van der Waals surface area contributed by atoms with Gasteiger partial charge in [0.1, 0.15) is 4.90 Å². The lowest BCUT2D eigenvalue weighted by molar-refractivity contribution is 0.0712. The summed E-state index contributed by atoms with van der Waals surface area (Å²) in [4.78, 5) is -0.490. The van der Waals surface area contributed by atoms with Crippen molar-refractivity contribution in [1.29, 1.82) is 0 Å². The van der Waals surface area contributed by atoms with Gasteiger partial charge in [-0.1, -0.05) is 0 Å². The Morgan fingerprint density at radius 1 is 1.44 bits per heavy atom. The maximum Gasteiger partial charge on any atom is 0.243 e. The summed E-state index contributed by atoms with van der Waals surface area (Å²) in [5.41, 5.74) is 5.65. The van der Waals surface area contributed by atoms with E-state index in [1.807, 2.05) is 0 Å². The lowest BCUT2D eigenvalue weighted by atomic mass is 9.91. The standard InChI is InChI=1S/C10H12BrFN2O3S/c11-8-1-5(13)2-9(10(8)12)18(16,17)14-6-3-7(15)4-6/h1-2,6-7,14-15H,3-4,13H2. The van der Waals surface area contributed by atoms with E-state index >= 15 is 0 Å². The maximum absolute atomic E-state index is 13.8. The number of aliphatic hydroxyl groups excluding tert-OH is 1. The third-order valence-electron chi connectivity index (χ3n) is 2.74. The second-order valence-corrected chi connectivity index (χ2v) is 6.80. The molecule has 0 radical (unpaired) electrons. The van der Waals surface area contributed by atoms with Gasteiger partial charge in [-0.15, -0.1) is 0 Å². The van der Waals surface area contributed by atoms with Gasteiger partial charge in [-0.2, -0.15) is 0 Å². The van der Waals surface area contributed by atoms with Crippen molar-refractivity contribution in [3.8, 4) is 0 Å². The Morgan fingerprint density at radius 3 is 2.61 bits per heavy atom. The van der Waals surface area contributed by atoms with Gasteiger partial charge >= 0.3 is 0 Å². The number of rotatable bonds is 3. The fourth-order valence-electron chi connectivity index (χ4n) is 1.75. The summed E-state index contributed by atoms with van der Waals surface area (Å²) in [6.45, 7) is 0. The SMILES string of the molecule is Nc1cc(Br)c(F)c(S(=O)(=O)NC2CC(O)C2)c1. The molecule has 1 fully saturated rings. The first kappa shape index (κ1) is 13.7. The Kier molecular flexibility index (Phi) is 3.63. The molecular weight excluding hydrogens is 327 g/mol. The van der Waals surface area contributed by atoms with Crippen molar-refractivity contribution >= 4 is 31.6 Å². The Bertz CT molecular complexity index is 573. The number of benzene rings is 1. The van der Waals surface area contributed by atoms with Crippen LogP contribution in [0.15, 0.2) is 21.5 Å². The topological polar surface area (TPSA) is 92.4 Å². The zero-order valence-electron chi connectivity index (χ0n) is 9.23. The Morgan fingerprint density at radius 2 is 2.06 bits per heavy atom. The van der Waals surface area contributed by atoms with Crippen LogP contribution in [-0.4, -0.2) is 25.7 Å². The van der Waals surface area contributed by atoms with Crippen molar-refractivity contribution in [2.45, 2.75) is 29.9 Å². The highest BCUT2D eigenvalue weighted by molar-refractivity contribution is 9.10. The van der Waals surface area contributed by atoms with Crippen molar-refractivity contribution in [2.75, 3.05) is 5.73 Å². The van der Waals surface area contributed by atoms with E-state index in [0.29, 0.717) is 12.8 Å². The van der Waals surface area contributed by atoms with Gasteiger partial charge in [0.15, 0.2) is 5.82 Å². The number of anilines is 1. The third kappa shape index (κ3) is 2.66. The van der Waals surface area contributed by atoms with Crippen molar-refractivity contribution in [3.05, 3.63) is 22.4 Å². The predicted molar refractivity (Wildman–Crippen MR) is 67.9 cm³/mol. The molecule has 8 heteroatoms. The van der Waals surface area contributed by atoms with Crippen LogP contribution >= 0.6 is 15.9 Å². The van der Waals surface area contributed by atoms with Gasteiger partial charge in [0, 0.05) is 11.7 Å². The van der Waals surface area contributed by atoms with Crippen LogP contribution < -0.4 is 10.5 Å². The first-order chi connectivity index (χ1) is 8.29. The van der Waals surface area contributed by atoms with Gasteiger partial charge in [0.2, 0.25) is 10.0 Å². The first-order valence-electron chi connectivity index (χ1n) is 5.24. The van der Waals surface area contributed by atoms with Gasteiger partial charge in [0.25, 0.3) is 0 Å². The summed E-state index contributed by atoms with van der Waals surface area (Å²) < 4.78 is 40.0. The first-order valence-corrected chi connectivity index (χ1v) is 7.52. The van der Waals surface area contributed by atoms with E-state index in [1.54, 1.807) is 0 Å². The summed E-state index contributed by atoms with van der Waals surface area (Å²) in [6.07, 6.45) is 0.185. The molecule has 1 saturated carbocycles. The number of aliphatic hydroxyl groups is 1. The van der Waals surface area contributed by atoms with Crippen molar-refractivity contribution < 1.29 is 17.9 Å². The molecule has 100 valence electrons. The van der Waals surface area contributed by atoms with Gasteiger partial charge < -0.3 is 10.8 Å². The van der Waals surface area contributed by atoms with Gasteiger partial charge in [0.05, 0.1) is 10.6 Å². The molecule has 1 aliphatic rings. The molecule has 0 heterocycles. The van der Waals surface area contributed by atoms with Crippen LogP contribution in [0.4, 0.5) is 10.1 Å². The van der Waals surface area contributed by atoms with E-state index in [9.17, 15) is 12.8 Å². The zero-order valence-corrected chi connectivity index (χ0v) is 11.6. The van der Waals surface area contributed by atoms with Crippen LogP contribution in [0.5, 0.6) is 0 Å². The molecule has 0 spiro atoms. The Labute approximate surface area is 112 Å². The molecule has 0 saturated heterocycles.